The molecular weight excluding hydrogens is 200 g/mol. The van der Waals surface area contributed by atoms with Crippen LogP contribution >= 0.6 is 0 Å². The van der Waals surface area contributed by atoms with Crippen LogP contribution in [0.4, 0.5) is 0 Å². The largest absolute Gasteiger partial charge is 0.508 e. The number of nitrogens with one attached hydrogen (secondary N) is 1. The van der Waals surface area contributed by atoms with Crippen molar-refractivity contribution in [2.75, 3.05) is 6.54 Å². The average molecular weight is 218 g/mol. The van der Waals surface area contributed by atoms with Crippen LogP contribution < -0.4 is 11.1 Å². The fraction of sp³-hybridized carbons (Fsp3) is 0.538. The highest BCUT2D eigenvalue weighted by Crippen LogP contribution is 2.45. The molecule has 1 aromatic carbocycles. The Labute approximate surface area is 95.7 Å². The van der Waals surface area contributed by atoms with Gasteiger partial charge in [-0.25, -0.2) is 0 Å². The number of nitrogens with two attached hydrogens (primary N) is 1. The number of aromatic hydroxyl groups is 1. The molecule has 1 aromatic rings. The third kappa shape index (κ3) is 1.28. The molecule has 0 aromatic heterocycles. The van der Waals surface area contributed by atoms with Gasteiger partial charge in [-0.2, -0.15) is 0 Å². The van der Waals surface area contributed by atoms with E-state index in [9.17, 15) is 5.11 Å². The van der Waals surface area contributed by atoms with Crippen LogP contribution in [0.15, 0.2) is 24.3 Å². The molecule has 0 radical (unpaired) electrons. The van der Waals surface area contributed by atoms with Crippen molar-refractivity contribution < 1.29 is 5.11 Å². The van der Waals surface area contributed by atoms with E-state index in [1.54, 1.807) is 6.07 Å². The summed E-state index contributed by atoms with van der Waals surface area (Å²) in [5.41, 5.74) is 7.25. The van der Waals surface area contributed by atoms with E-state index in [1.807, 2.05) is 12.1 Å². The Balaban J connectivity index is 2.02. The molecule has 0 amide bonds. The van der Waals surface area contributed by atoms with Crippen LogP contribution in [0.2, 0.25) is 0 Å². The van der Waals surface area contributed by atoms with Crippen LogP contribution in [0.5, 0.6) is 5.75 Å². The van der Waals surface area contributed by atoms with Crippen molar-refractivity contribution in [2.45, 2.75) is 36.8 Å². The van der Waals surface area contributed by atoms with Gasteiger partial charge < -0.3 is 16.2 Å². The lowest BCUT2D eigenvalue weighted by Crippen LogP contribution is -2.45. The van der Waals surface area contributed by atoms with Crippen molar-refractivity contribution in [3.63, 3.8) is 0 Å². The third-order valence-electron chi connectivity index (χ3n) is 4.30. The molecule has 0 spiro atoms. The molecule has 3 nitrogen and oxygen atoms in total. The molecule has 86 valence electrons. The lowest BCUT2D eigenvalue weighted by molar-refractivity contribution is 0.338. The molecule has 2 aliphatic rings. The minimum Gasteiger partial charge on any atom is -0.508 e. The van der Waals surface area contributed by atoms with E-state index in [0.29, 0.717) is 24.4 Å². The van der Waals surface area contributed by atoms with Gasteiger partial charge in [0.2, 0.25) is 0 Å². The predicted octanol–water partition coefficient (Wildman–Crippen LogP) is 1.11. The fourth-order valence-electron chi connectivity index (χ4n) is 3.48. The molecule has 3 unspecified atom stereocenters. The summed E-state index contributed by atoms with van der Waals surface area (Å²) in [5.74, 6) is 0.341. The molecule has 16 heavy (non-hydrogen) atoms. The van der Waals surface area contributed by atoms with E-state index in [2.05, 4.69) is 11.4 Å². The van der Waals surface area contributed by atoms with Gasteiger partial charge in [0.15, 0.2) is 0 Å². The summed E-state index contributed by atoms with van der Waals surface area (Å²) in [4.78, 5) is 0. The molecule has 2 fully saturated rings. The normalized spacial score (nSPS) is 36.8. The van der Waals surface area contributed by atoms with Crippen molar-refractivity contribution in [1.82, 2.24) is 5.32 Å². The maximum Gasteiger partial charge on any atom is 0.115 e. The van der Waals surface area contributed by atoms with Crippen LogP contribution in [-0.2, 0) is 5.41 Å². The summed E-state index contributed by atoms with van der Waals surface area (Å²) < 4.78 is 0. The summed E-state index contributed by atoms with van der Waals surface area (Å²) in [7, 11) is 0. The highest BCUT2D eigenvalue weighted by atomic mass is 16.3. The Morgan fingerprint density at radius 2 is 2.31 bits per heavy atom. The highest BCUT2D eigenvalue weighted by molar-refractivity contribution is 5.37. The van der Waals surface area contributed by atoms with E-state index in [-0.39, 0.29) is 5.41 Å². The zero-order valence-electron chi connectivity index (χ0n) is 9.32. The molecule has 3 rings (SSSR count). The van der Waals surface area contributed by atoms with Crippen LogP contribution in [-0.4, -0.2) is 23.7 Å². The topological polar surface area (TPSA) is 58.3 Å². The van der Waals surface area contributed by atoms with Gasteiger partial charge in [-0.3, -0.25) is 0 Å². The van der Waals surface area contributed by atoms with Gasteiger partial charge in [0.25, 0.3) is 0 Å². The SMILES string of the molecule is NCC1(c2cccc(O)c2)CC2CCC1N2. The number of phenols is 1. The molecule has 4 N–H and O–H groups in total. The van der Waals surface area contributed by atoms with Gasteiger partial charge in [-0.15, -0.1) is 0 Å². The van der Waals surface area contributed by atoms with E-state index in [4.69, 9.17) is 5.73 Å². The smallest absolute Gasteiger partial charge is 0.115 e. The van der Waals surface area contributed by atoms with Gasteiger partial charge in [0, 0.05) is 24.0 Å². The van der Waals surface area contributed by atoms with Crippen LogP contribution in [0.25, 0.3) is 0 Å². The zero-order chi connectivity index (χ0) is 11.2. The Bertz CT molecular complexity index is 407. The molecule has 0 saturated carbocycles. The Hall–Kier alpha value is -1.06. The van der Waals surface area contributed by atoms with Gasteiger partial charge >= 0.3 is 0 Å². The number of hydrogen-bond acceptors (Lipinski definition) is 3. The van der Waals surface area contributed by atoms with Gasteiger partial charge in [-0.05, 0) is 37.0 Å². The lowest BCUT2D eigenvalue weighted by Gasteiger charge is -2.36. The monoisotopic (exact) mass is 218 g/mol. The summed E-state index contributed by atoms with van der Waals surface area (Å²) in [5, 5.41) is 13.2. The molecular formula is C13H18N2O. The van der Waals surface area contributed by atoms with Crippen LogP contribution in [0.3, 0.4) is 0 Å². The molecule has 3 atom stereocenters. The second-order valence-electron chi connectivity index (χ2n) is 5.11. The number of benzene rings is 1. The molecule has 2 aliphatic heterocycles. The molecule has 2 bridgehead atoms. The van der Waals surface area contributed by atoms with Crippen molar-refractivity contribution in [1.29, 1.82) is 0 Å². The van der Waals surface area contributed by atoms with E-state index < -0.39 is 0 Å². The Kier molecular flexibility index (Phi) is 2.19. The molecule has 3 heteroatoms. The quantitative estimate of drug-likeness (QED) is 0.697. The van der Waals surface area contributed by atoms with E-state index >= 15 is 0 Å². The first kappa shape index (κ1) is 10.1. The maximum absolute atomic E-state index is 9.59. The minimum absolute atomic E-state index is 0.0433. The van der Waals surface area contributed by atoms with Crippen LogP contribution in [0, 0.1) is 0 Å². The minimum atomic E-state index is 0.0433. The second kappa shape index (κ2) is 3.47. The lowest BCUT2D eigenvalue weighted by atomic mass is 9.69. The average Bonchev–Trinajstić information content (AvgIpc) is 2.89. The number of fused-ring (bicyclic) bond motifs is 2. The van der Waals surface area contributed by atoms with Crippen LogP contribution in [0.1, 0.15) is 24.8 Å². The maximum atomic E-state index is 9.59. The predicted molar refractivity (Wildman–Crippen MR) is 63.4 cm³/mol. The summed E-state index contributed by atoms with van der Waals surface area (Å²) >= 11 is 0. The molecule has 0 aliphatic carbocycles. The first-order valence-electron chi connectivity index (χ1n) is 6.00. The number of phenolic OH excluding ortho intramolecular Hbond substituents is 1. The second-order valence-corrected chi connectivity index (χ2v) is 5.11. The van der Waals surface area contributed by atoms with Gasteiger partial charge in [0.1, 0.15) is 5.75 Å². The number of hydrogen-bond donors (Lipinski definition) is 3. The fourth-order valence-corrected chi connectivity index (χ4v) is 3.48. The van der Waals surface area contributed by atoms with Crippen molar-refractivity contribution in [3.05, 3.63) is 29.8 Å². The summed E-state index contributed by atoms with van der Waals surface area (Å²) in [6.45, 7) is 0.657. The zero-order valence-corrected chi connectivity index (χ0v) is 9.32. The molecule has 2 heterocycles. The van der Waals surface area contributed by atoms with E-state index in [0.717, 1.165) is 6.42 Å². The first-order valence-corrected chi connectivity index (χ1v) is 6.00. The van der Waals surface area contributed by atoms with Gasteiger partial charge in [0.05, 0.1) is 0 Å². The van der Waals surface area contributed by atoms with Crippen molar-refractivity contribution in [2.24, 2.45) is 5.73 Å². The summed E-state index contributed by atoms with van der Waals surface area (Å²) in [6.07, 6.45) is 3.58. The molecule has 2 saturated heterocycles. The third-order valence-corrected chi connectivity index (χ3v) is 4.30. The van der Waals surface area contributed by atoms with Gasteiger partial charge in [-0.1, -0.05) is 12.1 Å². The van der Waals surface area contributed by atoms with Crippen molar-refractivity contribution in [3.8, 4) is 5.75 Å². The Morgan fingerprint density at radius 1 is 1.44 bits per heavy atom. The first-order chi connectivity index (χ1) is 7.74. The van der Waals surface area contributed by atoms with Crippen molar-refractivity contribution >= 4 is 0 Å². The van der Waals surface area contributed by atoms with E-state index in [1.165, 1.54) is 18.4 Å². The number of rotatable bonds is 2. The standard InChI is InChI=1S/C13H18N2O/c14-8-13(7-10-4-5-12(13)15-10)9-2-1-3-11(16)6-9/h1-3,6,10,12,15-16H,4-5,7-8,14H2. The Morgan fingerprint density at radius 3 is 2.88 bits per heavy atom. The highest BCUT2D eigenvalue weighted by Gasteiger charge is 2.50. The summed E-state index contributed by atoms with van der Waals surface area (Å²) in [6, 6.07) is 8.70.